The lowest BCUT2D eigenvalue weighted by molar-refractivity contribution is -0.358. The van der Waals surface area contributed by atoms with Crippen molar-refractivity contribution in [1.82, 2.24) is 4.48 Å². The van der Waals surface area contributed by atoms with Gasteiger partial charge >= 0.3 is 6.97 Å². The molecule has 0 amide bonds. The molecular formula is C15H8BBr2F2IN2. The largest absolute Gasteiger partial charge is 0.738 e. The van der Waals surface area contributed by atoms with Gasteiger partial charge < -0.3 is 17.6 Å². The van der Waals surface area contributed by atoms with Crippen LogP contribution in [0.15, 0.2) is 58.9 Å². The molecule has 0 atom stereocenters. The molecule has 0 saturated heterocycles. The van der Waals surface area contributed by atoms with Crippen LogP contribution >= 0.6 is 54.5 Å². The molecule has 2 aliphatic heterocycles. The molecule has 0 fully saturated rings. The first-order valence-electron chi connectivity index (χ1n) is 6.81. The van der Waals surface area contributed by atoms with Crippen molar-refractivity contribution >= 4 is 71.6 Å². The Morgan fingerprint density at radius 1 is 1.04 bits per heavy atom. The van der Waals surface area contributed by atoms with Gasteiger partial charge in [-0.15, -0.1) is 0 Å². The third-order valence-corrected chi connectivity index (χ3v) is 6.25. The minimum Gasteiger partial charge on any atom is -0.389 e. The molecule has 0 unspecified atom stereocenters. The molecule has 3 heterocycles. The summed E-state index contributed by atoms with van der Waals surface area (Å²) < 4.78 is 34.1. The number of aromatic nitrogens is 1. The molecule has 23 heavy (non-hydrogen) atoms. The van der Waals surface area contributed by atoms with Gasteiger partial charge in [0, 0.05) is 42.9 Å². The van der Waals surface area contributed by atoms with Crippen LogP contribution in [0.2, 0.25) is 0 Å². The van der Waals surface area contributed by atoms with Crippen LogP contribution in [0.1, 0.15) is 11.3 Å². The molecule has 0 bridgehead atoms. The van der Waals surface area contributed by atoms with Crippen LogP contribution in [0.4, 0.5) is 8.63 Å². The Morgan fingerprint density at radius 2 is 1.78 bits per heavy atom. The van der Waals surface area contributed by atoms with E-state index in [0.717, 1.165) is 23.7 Å². The van der Waals surface area contributed by atoms with Crippen LogP contribution in [0.25, 0.3) is 5.57 Å². The Hall–Kier alpha value is -0.735. The lowest BCUT2D eigenvalue weighted by Gasteiger charge is -2.32. The van der Waals surface area contributed by atoms with Crippen molar-refractivity contribution in [2.75, 3.05) is 0 Å². The van der Waals surface area contributed by atoms with Gasteiger partial charge in [0.1, 0.15) is 0 Å². The molecule has 0 radical (unpaired) electrons. The standard InChI is InChI=1S/C15H8BBr2F2IN2/c17-13-7-5-11-15(9-3-1-2-4-10(9)21)12-6-8-14(18)23(12)16(19,20)22(11)13/h1-8H. The maximum atomic E-state index is 15.1. The summed E-state index contributed by atoms with van der Waals surface area (Å²) in [5, 5.41) is 0. The first-order valence-corrected chi connectivity index (χ1v) is 9.48. The maximum Gasteiger partial charge on any atom is 0.738 e. The highest BCUT2D eigenvalue weighted by atomic mass is 127. The Labute approximate surface area is 162 Å². The van der Waals surface area contributed by atoms with E-state index in [0.29, 0.717) is 20.6 Å². The lowest BCUT2D eigenvalue weighted by atomic mass is 9.86. The average molecular weight is 552 g/mol. The minimum absolute atomic E-state index is 0.368. The van der Waals surface area contributed by atoms with E-state index in [1.807, 2.05) is 24.3 Å². The normalized spacial score (nSPS) is 18.5. The molecule has 8 heteroatoms. The molecule has 2 nitrogen and oxygen atoms in total. The van der Waals surface area contributed by atoms with E-state index >= 15 is 8.63 Å². The second-order valence-electron chi connectivity index (χ2n) is 5.27. The summed E-state index contributed by atoms with van der Waals surface area (Å²) in [6.07, 6.45) is 3.41. The molecule has 0 aliphatic carbocycles. The quantitative estimate of drug-likeness (QED) is 0.339. The number of fused-ring (bicyclic) bond motifs is 2. The summed E-state index contributed by atoms with van der Waals surface area (Å²) in [7, 11) is 0. The molecule has 1 aromatic carbocycles. The third-order valence-electron chi connectivity index (χ3n) is 4.01. The third kappa shape index (κ3) is 2.17. The summed E-state index contributed by atoms with van der Waals surface area (Å²) in [6, 6.07) is 11.2. The molecule has 0 spiro atoms. The highest BCUT2D eigenvalue weighted by molar-refractivity contribution is 14.1. The van der Waals surface area contributed by atoms with Crippen molar-refractivity contribution in [3.05, 3.63) is 73.7 Å². The fourth-order valence-electron chi connectivity index (χ4n) is 3.07. The summed E-state index contributed by atoms with van der Waals surface area (Å²) in [4.78, 5) is 0. The van der Waals surface area contributed by atoms with Crippen molar-refractivity contribution in [2.24, 2.45) is 0 Å². The molecule has 1 aromatic heterocycles. The van der Waals surface area contributed by atoms with Crippen molar-refractivity contribution in [3.8, 4) is 0 Å². The van der Waals surface area contributed by atoms with E-state index in [2.05, 4.69) is 54.5 Å². The molecule has 2 aromatic rings. The van der Waals surface area contributed by atoms with Gasteiger partial charge in [-0.05, 0) is 56.7 Å². The minimum atomic E-state index is -3.96. The zero-order chi connectivity index (χ0) is 16.4. The van der Waals surface area contributed by atoms with E-state index < -0.39 is 6.97 Å². The van der Waals surface area contributed by atoms with Crippen molar-refractivity contribution in [3.63, 3.8) is 0 Å². The number of nitrogens with zero attached hydrogens (tertiary/aromatic N) is 2. The van der Waals surface area contributed by atoms with E-state index in [1.165, 1.54) is 0 Å². The lowest BCUT2D eigenvalue weighted by Crippen LogP contribution is -2.50. The van der Waals surface area contributed by atoms with E-state index in [4.69, 9.17) is 0 Å². The highest BCUT2D eigenvalue weighted by Gasteiger charge is 2.54. The topological polar surface area (TPSA) is 7.94 Å². The van der Waals surface area contributed by atoms with Crippen LogP contribution in [-0.4, -0.2) is 20.6 Å². The number of hydrogen-bond donors (Lipinski definition) is 0. The Bertz CT molecular complexity index is 947. The number of hydrogen-bond acceptors (Lipinski definition) is 0. The summed E-state index contributed by atoms with van der Waals surface area (Å²) in [6.45, 7) is -3.96. The molecule has 0 saturated carbocycles. The molecule has 116 valence electrons. The van der Waals surface area contributed by atoms with E-state index in [9.17, 15) is 0 Å². The van der Waals surface area contributed by atoms with Gasteiger partial charge in [-0.25, -0.2) is 0 Å². The van der Waals surface area contributed by atoms with Gasteiger partial charge in [-0.3, -0.25) is 0 Å². The maximum absolute atomic E-state index is 15.1. The molecular weight excluding hydrogens is 544 g/mol. The zero-order valence-corrected chi connectivity index (χ0v) is 16.8. The van der Waals surface area contributed by atoms with E-state index in [-0.39, 0.29) is 0 Å². The fraction of sp³-hybridized carbons (Fsp3) is 0. The average Bonchev–Trinajstić information content (AvgIpc) is 3.06. The second-order valence-corrected chi connectivity index (χ2v) is 8.05. The SMILES string of the molecule is F[B-]1(F)n2c(Br)ccc2C(c2ccccc2I)=C2C=CC(Br)=[N+]21. The number of halogens is 5. The fourth-order valence-corrected chi connectivity index (χ4v) is 4.87. The smallest absolute Gasteiger partial charge is 0.389 e. The van der Waals surface area contributed by atoms with Crippen LogP contribution in [0.3, 0.4) is 0 Å². The summed E-state index contributed by atoms with van der Waals surface area (Å²) >= 11 is 8.77. The van der Waals surface area contributed by atoms with Crippen LogP contribution in [-0.2, 0) is 0 Å². The van der Waals surface area contributed by atoms with E-state index in [1.54, 1.807) is 24.3 Å². The van der Waals surface area contributed by atoms with Crippen molar-refractivity contribution in [1.29, 1.82) is 0 Å². The number of benzene rings is 1. The highest BCUT2D eigenvalue weighted by Crippen LogP contribution is 2.42. The van der Waals surface area contributed by atoms with Gasteiger partial charge in [0.25, 0.3) is 0 Å². The zero-order valence-electron chi connectivity index (χ0n) is 11.5. The second kappa shape index (κ2) is 5.39. The number of rotatable bonds is 1. The summed E-state index contributed by atoms with van der Waals surface area (Å²) in [5.41, 5.74) is 2.78. The van der Waals surface area contributed by atoms with Crippen molar-refractivity contribution < 1.29 is 13.1 Å². The molecule has 0 N–H and O–H groups in total. The van der Waals surface area contributed by atoms with Gasteiger partial charge in [0.2, 0.25) is 4.62 Å². The van der Waals surface area contributed by atoms with Crippen LogP contribution in [0.5, 0.6) is 0 Å². The Morgan fingerprint density at radius 3 is 2.52 bits per heavy atom. The monoisotopic (exact) mass is 550 g/mol. The van der Waals surface area contributed by atoms with Gasteiger partial charge in [-0.2, -0.15) is 0 Å². The Kier molecular flexibility index (Phi) is 3.69. The molecule has 2 aliphatic rings. The van der Waals surface area contributed by atoms with Crippen molar-refractivity contribution in [2.45, 2.75) is 0 Å². The first-order chi connectivity index (χ1) is 10.9. The predicted octanol–water partition coefficient (Wildman–Crippen LogP) is 5.23. The van der Waals surface area contributed by atoms with Crippen LogP contribution < -0.4 is 0 Å². The first kappa shape index (κ1) is 15.8. The predicted molar refractivity (Wildman–Crippen MR) is 104 cm³/mol. The Balaban J connectivity index is 2.15. The molecule has 4 rings (SSSR count). The van der Waals surface area contributed by atoms with Crippen LogP contribution in [0, 0.1) is 3.57 Å². The van der Waals surface area contributed by atoms with Gasteiger partial charge in [0.15, 0.2) is 5.70 Å². The summed E-state index contributed by atoms with van der Waals surface area (Å²) in [5.74, 6) is 0. The van der Waals surface area contributed by atoms with Gasteiger partial charge in [0.05, 0.1) is 10.2 Å². The van der Waals surface area contributed by atoms with Gasteiger partial charge in [-0.1, -0.05) is 18.2 Å². The number of allylic oxidation sites excluding steroid dienone is 2.